The maximum atomic E-state index is 10.6. The number of thiazole rings is 1. The first-order chi connectivity index (χ1) is 14.6. The maximum absolute atomic E-state index is 10.6. The topological polar surface area (TPSA) is 76.2 Å². The van der Waals surface area contributed by atoms with Gasteiger partial charge in [-0.05, 0) is 38.2 Å². The molecule has 1 fully saturated rings. The molecule has 1 aliphatic rings. The van der Waals surface area contributed by atoms with Crippen molar-refractivity contribution in [3.8, 4) is 11.3 Å². The van der Waals surface area contributed by atoms with E-state index in [1.807, 2.05) is 0 Å². The zero-order chi connectivity index (χ0) is 23.1. The zero-order valence-corrected chi connectivity index (χ0v) is 18.9. The average Bonchev–Trinajstić information content (AvgIpc) is 3.33. The summed E-state index contributed by atoms with van der Waals surface area (Å²) in [4.78, 5) is 15.1. The highest BCUT2D eigenvalue weighted by atomic mass is 32.1. The van der Waals surface area contributed by atoms with Gasteiger partial charge in [0, 0.05) is 10.4 Å². The second-order valence-corrected chi connectivity index (χ2v) is 9.30. The quantitative estimate of drug-likeness (QED) is 0.460. The molecule has 0 saturated heterocycles. The fourth-order valence-corrected chi connectivity index (χ4v) is 4.78. The molecule has 0 aliphatic heterocycles. The third-order valence-corrected chi connectivity index (χ3v) is 6.70. The van der Waals surface area contributed by atoms with Crippen LogP contribution < -0.4 is 5.73 Å². The Labute approximate surface area is 185 Å². The third kappa shape index (κ3) is 7.31. The van der Waals surface area contributed by atoms with Crippen molar-refractivity contribution in [2.24, 2.45) is 5.73 Å². The molecule has 1 saturated carbocycles. The normalized spacial score (nSPS) is 15.4. The minimum atomic E-state index is -5.08. The van der Waals surface area contributed by atoms with Crippen LogP contribution in [-0.2, 0) is 16.8 Å². The molecule has 0 spiro atoms. The fourth-order valence-electron chi connectivity index (χ4n) is 3.68. The highest BCUT2D eigenvalue weighted by Crippen LogP contribution is 2.40. The predicted molar refractivity (Wildman–Crippen MR) is 118 cm³/mol. The smallest absolute Gasteiger partial charge is 0.475 e. The first-order valence-electron chi connectivity index (χ1n) is 10.7. The van der Waals surface area contributed by atoms with E-state index in [9.17, 15) is 13.2 Å². The minimum Gasteiger partial charge on any atom is -0.475 e. The molecule has 0 unspecified atom stereocenters. The van der Waals surface area contributed by atoms with Gasteiger partial charge in [0.25, 0.3) is 0 Å². The van der Waals surface area contributed by atoms with Crippen molar-refractivity contribution in [3.63, 3.8) is 0 Å². The zero-order valence-electron chi connectivity index (χ0n) is 18.1. The molecule has 31 heavy (non-hydrogen) atoms. The molecule has 172 valence electrons. The van der Waals surface area contributed by atoms with Crippen LogP contribution in [0.5, 0.6) is 0 Å². The molecule has 3 rings (SSSR count). The second-order valence-electron chi connectivity index (χ2n) is 8.10. The molecular weight excluding hydrogens is 425 g/mol. The summed E-state index contributed by atoms with van der Waals surface area (Å²) in [6.07, 6.45) is 6.01. The van der Waals surface area contributed by atoms with E-state index in [1.165, 1.54) is 60.9 Å². The number of aliphatic carboxylic acids is 1. The van der Waals surface area contributed by atoms with Gasteiger partial charge in [0.2, 0.25) is 0 Å². The largest absolute Gasteiger partial charge is 0.490 e. The summed E-state index contributed by atoms with van der Waals surface area (Å²) < 4.78 is 31.7. The van der Waals surface area contributed by atoms with E-state index >= 15 is 0 Å². The van der Waals surface area contributed by atoms with Crippen LogP contribution in [0.3, 0.4) is 0 Å². The molecule has 1 aliphatic carbocycles. The van der Waals surface area contributed by atoms with Crippen molar-refractivity contribution in [2.45, 2.75) is 83.4 Å². The number of aryl methyl sites for hydroxylation is 2. The van der Waals surface area contributed by atoms with E-state index in [0.717, 1.165) is 23.5 Å². The lowest BCUT2D eigenvalue weighted by molar-refractivity contribution is -0.192. The summed E-state index contributed by atoms with van der Waals surface area (Å²) in [5.41, 5.74) is 10.2. The number of carbonyl (C=O) groups is 1. The van der Waals surface area contributed by atoms with Gasteiger partial charge in [0.1, 0.15) is 5.01 Å². The number of benzene rings is 1. The summed E-state index contributed by atoms with van der Waals surface area (Å²) in [7, 11) is 0. The number of unbranched alkanes of at least 4 members (excludes halogenated alkanes) is 3. The van der Waals surface area contributed by atoms with Gasteiger partial charge in [-0.15, -0.1) is 11.3 Å². The van der Waals surface area contributed by atoms with Crippen LogP contribution in [0.4, 0.5) is 13.2 Å². The molecule has 0 bridgehead atoms. The Morgan fingerprint density at radius 3 is 2.26 bits per heavy atom. The monoisotopic (exact) mass is 456 g/mol. The first kappa shape index (κ1) is 25.3. The van der Waals surface area contributed by atoms with Crippen LogP contribution in [-0.4, -0.2) is 22.2 Å². The number of aromatic nitrogens is 1. The number of carboxylic acid groups (broad SMARTS) is 1. The highest BCUT2D eigenvalue weighted by molar-refractivity contribution is 7.12. The van der Waals surface area contributed by atoms with Crippen molar-refractivity contribution < 1.29 is 23.1 Å². The Bertz CT molecular complexity index is 841. The standard InChI is InChI=1S/C21H30N2S.C2HF3O2/c1-3-4-5-6-9-17-10-12-18(13-11-17)19-16(2)24-20(23-19)21(22)14-7-8-15-21;3-2(4,5)1(6)7/h10-13H,3-9,14-15,22H2,1-2H3;(H,6,7). The SMILES string of the molecule is CCCCCCc1ccc(-c2nc(C3(N)CCCC3)sc2C)cc1.O=C(O)C(F)(F)F. The van der Waals surface area contributed by atoms with Gasteiger partial charge < -0.3 is 10.8 Å². The van der Waals surface area contributed by atoms with E-state index in [4.69, 9.17) is 20.6 Å². The van der Waals surface area contributed by atoms with Gasteiger partial charge in [-0.25, -0.2) is 9.78 Å². The number of hydrogen-bond acceptors (Lipinski definition) is 4. The third-order valence-electron chi connectivity index (χ3n) is 5.51. The summed E-state index contributed by atoms with van der Waals surface area (Å²) in [6.45, 7) is 4.43. The molecule has 0 amide bonds. The summed E-state index contributed by atoms with van der Waals surface area (Å²) >= 11 is 1.79. The van der Waals surface area contributed by atoms with Gasteiger partial charge in [0.05, 0.1) is 11.2 Å². The number of rotatable bonds is 7. The van der Waals surface area contributed by atoms with Crippen LogP contribution in [0.25, 0.3) is 11.3 Å². The Morgan fingerprint density at radius 1 is 1.16 bits per heavy atom. The van der Waals surface area contributed by atoms with Gasteiger partial charge in [-0.1, -0.05) is 63.3 Å². The molecule has 4 nitrogen and oxygen atoms in total. The minimum absolute atomic E-state index is 0.174. The van der Waals surface area contributed by atoms with Gasteiger partial charge in [-0.3, -0.25) is 0 Å². The van der Waals surface area contributed by atoms with E-state index < -0.39 is 12.1 Å². The lowest BCUT2D eigenvalue weighted by atomic mass is 10.0. The molecule has 0 radical (unpaired) electrons. The Balaban J connectivity index is 0.000000423. The van der Waals surface area contributed by atoms with Crippen molar-refractivity contribution in [1.82, 2.24) is 4.98 Å². The summed E-state index contributed by atoms with van der Waals surface area (Å²) in [6, 6.07) is 9.01. The number of hydrogen-bond donors (Lipinski definition) is 2. The molecular formula is C23H31F3N2O2S. The lowest BCUT2D eigenvalue weighted by Crippen LogP contribution is -2.32. The molecule has 8 heteroatoms. The maximum Gasteiger partial charge on any atom is 0.490 e. The predicted octanol–water partition coefficient (Wildman–Crippen LogP) is 6.60. The van der Waals surface area contributed by atoms with Crippen LogP contribution >= 0.6 is 11.3 Å². The molecule has 1 aromatic heterocycles. The second kappa shape index (κ2) is 11.1. The van der Waals surface area contributed by atoms with E-state index in [-0.39, 0.29) is 5.54 Å². The van der Waals surface area contributed by atoms with Crippen molar-refractivity contribution >= 4 is 17.3 Å². The number of carboxylic acids is 1. The van der Waals surface area contributed by atoms with E-state index in [1.54, 1.807) is 11.3 Å². The first-order valence-corrected chi connectivity index (χ1v) is 11.5. The van der Waals surface area contributed by atoms with E-state index in [0.29, 0.717) is 0 Å². The van der Waals surface area contributed by atoms with Crippen molar-refractivity contribution in [3.05, 3.63) is 39.7 Å². The van der Waals surface area contributed by atoms with Crippen molar-refractivity contribution in [2.75, 3.05) is 0 Å². The van der Waals surface area contributed by atoms with Crippen molar-refractivity contribution in [1.29, 1.82) is 0 Å². The van der Waals surface area contributed by atoms with Crippen LogP contribution in [0.1, 0.15) is 73.7 Å². The molecule has 0 atom stereocenters. The van der Waals surface area contributed by atoms with E-state index in [2.05, 4.69) is 38.1 Å². The van der Waals surface area contributed by atoms with Crippen LogP contribution in [0, 0.1) is 6.92 Å². The lowest BCUT2D eigenvalue weighted by Gasteiger charge is -2.19. The summed E-state index contributed by atoms with van der Waals surface area (Å²) in [5.74, 6) is -2.76. The number of nitrogens with zero attached hydrogens (tertiary/aromatic N) is 1. The fraction of sp³-hybridized carbons (Fsp3) is 0.565. The number of nitrogens with two attached hydrogens (primary N) is 1. The molecule has 2 aromatic rings. The van der Waals surface area contributed by atoms with Crippen LogP contribution in [0.2, 0.25) is 0 Å². The Hall–Kier alpha value is -1.93. The Morgan fingerprint density at radius 2 is 1.74 bits per heavy atom. The number of alkyl halides is 3. The molecule has 1 aromatic carbocycles. The highest BCUT2D eigenvalue weighted by Gasteiger charge is 2.38. The van der Waals surface area contributed by atoms with Gasteiger partial charge in [-0.2, -0.15) is 13.2 Å². The van der Waals surface area contributed by atoms with Gasteiger partial charge in [0.15, 0.2) is 0 Å². The molecule has 1 heterocycles. The number of halogens is 3. The summed E-state index contributed by atoms with van der Waals surface area (Å²) in [5, 5.41) is 8.26. The average molecular weight is 457 g/mol. The van der Waals surface area contributed by atoms with Gasteiger partial charge >= 0.3 is 12.1 Å². The Kier molecular flexibility index (Phi) is 9.06. The molecule has 3 N–H and O–H groups in total. The van der Waals surface area contributed by atoms with Crippen LogP contribution in [0.15, 0.2) is 24.3 Å².